The Hall–Kier alpha value is -0.590. The molecule has 5 heteroatoms. The Bertz CT molecular complexity index is 482. The Morgan fingerprint density at radius 2 is 1.90 bits per heavy atom. The molecular weight excluding hydrogens is 288 g/mol. The number of thioether (sulfide) groups is 1. The molecule has 1 aromatic rings. The summed E-state index contributed by atoms with van der Waals surface area (Å²) in [4.78, 5) is 0. The second-order valence-electron chi connectivity index (χ2n) is 5.66. The van der Waals surface area contributed by atoms with Gasteiger partial charge in [-0.2, -0.15) is 0 Å². The fourth-order valence-electron chi connectivity index (χ4n) is 2.97. The van der Waals surface area contributed by atoms with Crippen molar-refractivity contribution in [3.05, 3.63) is 35.9 Å². The molecule has 21 heavy (non-hydrogen) atoms. The van der Waals surface area contributed by atoms with Gasteiger partial charge in [-0.1, -0.05) is 37.3 Å². The normalized spacial score (nSPS) is 41.2. The highest BCUT2D eigenvalue weighted by Crippen LogP contribution is 2.46. The molecule has 0 saturated carbocycles. The molecule has 3 heterocycles. The molecular formula is C16H20O4S. The fourth-order valence-corrected chi connectivity index (χ4v) is 4.07. The minimum atomic E-state index is -0.305. The van der Waals surface area contributed by atoms with E-state index in [-0.39, 0.29) is 36.1 Å². The van der Waals surface area contributed by atoms with Gasteiger partial charge in [-0.25, -0.2) is 0 Å². The maximum absolute atomic E-state index is 6.12. The minimum absolute atomic E-state index is 0.00701. The van der Waals surface area contributed by atoms with Crippen LogP contribution in [0.2, 0.25) is 0 Å². The number of ether oxygens (including phenoxy) is 4. The van der Waals surface area contributed by atoms with Crippen LogP contribution in [-0.2, 0) is 18.9 Å². The Morgan fingerprint density at radius 3 is 2.71 bits per heavy atom. The highest BCUT2D eigenvalue weighted by molar-refractivity contribution is 7.99. The van der Waals surface area contributed by atoms with Gasteiger partial charge in [0.25, 0.3) is 0 Å². The van der Waals surface area contributed by atoms with Crippen LogP contribution in [0.4, 0.5) is 0 Å². The van der Waals surface area contributed by atoms with E-state index in [0.29, 0.717) is 6.61 Å². The maximum Gasteiger partial charge on any atom is 0.184 e. The largest absolute Gasteiger partial charge is 0.363 e. The summed E-state index contributed by atoms with van der Waals surface area (Å²) in [6.45, 7) is 2.75. The van der Waals surface area contributed by atoms with E-state index in [9.17, 15) is 0 Å². The van der Waals surface area contributed by atoms with Crippen molar-refractivity contribution in [1.82, 2.24) is 0 Å². The van der Waals surface area contributed by atoms with Crippen LogP contribution < -0.4 is 0 Å². The molecule has 3 aliphatic heterocycles. The highest BCUT2D eigenvalue weighted by Gasteiger charge is 2.60. The van der Waals surface area contributed by atoms with Crippen molar-refractivity contribution >= 4 is 11.8 Å². The van der Waals surface area contributed by atoms with Crippen LogP contribution in [0.3, 0.4) is 0 Å². The number of hydrogen-bond donors (Lipinski definition) is 0. The van der Waals surface area contributed by atoms with Crippen LogP contribution >= 0.6 is 11.8 Å². The third kappa shape index (κ3) is 2.73. The average Bonchev–Trinajstić information content (AvgIpc) is 3.34. The standard InChI is InChI=1S/C16H20O4S/c1-2-8-21-16-14-13(19-14)12-11(18-16)9-17-15(20-12)10-6-4-3-5-7-10/h3-7,11-16H,2,8-9H2,1H3. The van der Waals surface area contributed by atoms with Gasteiger partial charge in [0.15, 0.2) is 6.29 Å². The van der Waals surface area contributed by atoms with E-state index < -0.39 is 0 Å². The topological polar surface area (TPSA) is 40.2 Å². The predicted molar refractivity (Wildman–Crippen MR) is 80.1 cm³/mol. The second kappa shape index (κ2) is 5.89. The summed E-state index contributed by atoms with van der Waals surface area (Å²) < 4.78 is 23.9. The van der Waals surface area contributed by atoms with Gasteiger partial charge in [-0.15, -0.1) is 11.8 Å². The fraction of sp³-hybridized carbons (Fsp3) is 0.625. The van der Waals surface area contributed by atoms with Gasteiger partial charge >= 0.3 is 0 Å². The summed E-state index contributed by atoms with van der Waals surface area (Å²) in [5.41, 5.74) is 1.19. The predicted octanol–water partition coefficient (Wildman–Crippen LogP) is 2.74. The van der Waals surface area contributed by atoms with Crippen LogP contribution in [0.25, 0.3) is 0 Å². The summed E-state index contributed by atoms with van der Waals surface area (Å²) in [6, 6.07) is 10.0. The van der Waals surface area contributed by atoms with E-state index in [1.807, 2.05) is 42.1 Å². The van der Waals surface area contributed by atoms with Crippen molar-refractivity contribution in [2.45, 2.75) is 49.5 Å². The Balaban J connectivity index is 1.42. The zero-order valence-electron chi connectivity index (χ0n) is 12.0. The van der Waals surface area contributed by atoms with Crippen molar-refractivity contribution < 1.29 is 18.9 Å². The molecule has 0 amide bonds. The smallest absolute Gasteiger partial charge is 0.184 e. The summed E-state index contributed by atoms with van der Waals surface area (Å²) in [5.74, 6) is 1.10. The monoisotopic (exact) mass is 308 g/mol. The van der Waals surface area contributed by atoms with Gasteiger partial charge in [0.05, 0.1) is 6.61 Å². The molecule has 6 atom stereocenters. The zero-order valence-corrected chi connectivity index (χ0v) is 12.8. The first-order valence-corrected chi connectivity index (χ1v) is 8.66. The molecule has 4 nitrogen and oxygen atoms in total. The SMILES string of the molecule is CCCSC1OC2COC(c3ccccc3)OC2C2OC12. The Labute approximate surface area is 129 Å². The van der Waals surface area contributed by atoms with Gasteiger partial charge in [0.2, 0.25) is 0 Å². The lowest BCUT2D eigenvalue weighted by Crippen LogP contribution is -2.51. The van der Waals surface area contributed by atoms with E-state index in [0.717, 1.165) is 17.7 Å². The summed E-state index contributed by atoms with van der Waals surface area (Å²) in [6.07, 6.45) is 1.20. The molecule has 3 aliphatic rings. The molecule has 3 saturated heterocycles. The van der Waals surface area contributed by atoms with E-state index in [1.165, 1.54) is 0 Å². The van der Waals surface area contributed by atoms with Gasteiger partial charge in [0, 0.05) is 5.56 Å². The molecule has 1 aromatic carbocycles. The van der Waals surface area contributed by atoms with Gasteiger partial charge in [-0.3, -0.25) is 0 Å². The van der Waals surface area contributed by atoms with Crippen LogP contribution in [-0.4, -0.2) is 42.2 Å². The lowest BCUT2D eigenvalue weighted by atomic mass is 10.0. The van der Waals surface area contributed by atoms with E-state index in [1.54, 1.807) is 0 Å². The molecule has 0 N–H and O–H groups in total. The van der Waals surface area contributed by atoms with Crippen molar-refractivity contribution in [3.8, 4) is 0 Å². The molecule has 0 spiro atoms. The van der Waals surface area contributed by atoms with E-state index in [4.69, 9.17) is 18.9 Å². The number of hydrogen-bond acceptors (Lipinski definition) is 5. The third-order valence-electron chi connectivity index (χ3n) is 4.08. The molecule has 0 aliphatic carbocycles. The van der Waals surface area contributed by atoms with Crippen LogP contribution in [0.5, 0.6) is 0 Å². The van der Waals surface area contributed by atoms with Crippen LogP contribution in [0, 0.1) is 0 Å². The summed E-state index contributed by atoms with van der Waals surface area (Å²) >= 11 is 1.84. The molecule has 6 unspecified atom stereocenters. The quantitative estimate of drug-likeness (QED) is 0.800. The van der Waals surface area contributed by atoms with Gasteiger partial charge in [0.1, 0.15) is 29.9 Å². The Morgan fingerprint density at radius 1 is 1.05 bits per heavy atom. The molecule has 4 rings (SSSR count). The van der Waals surface area contributed by atoms with Gasteiger partial charge in [-0.05, 0) is 12.2 Å². The first-order valence-electron chi connectivity index (χ1n) is 7.61. The Kier molecular flexibility index (Phi) is 3.94. The highest BCUT2D eigenvalue weighted by atomic mass is 32.2. The minimum Gasteiger partial charge on any atom is -0.363 e. The molecule has 0 bridgehead atoms. The van der Waals surface area contributed by atoms with Gasteiger partial charge < -0.3 is 18.9 Å². The van der Waals surface area contributed by atoms with E-state index in [2.05, 4.69) is 6.92 Å². The molecule has 0 aromatic heterocycles. The van der Waals surface area contributed by atoms with Crippen LogP contribution in [0.1, 0.15) is 25.2 Å². The lowest BCUT2D eigenvalue weighted by molar-refractivity contribution is -0.276. The zero-order chi connectivity index (χ0) is 14.2. The number of fused-ring (bicyclic) bond motifs is 3. The van der Waals surface area contributed by atoms with Crippen molar-refractivity contribution in [2.75, 3.05) is 12.4 Å². The summed E-state index contributed by atoms with van der Waals surface area (Å²) in [5, 5.41) is 0. The second-order valence-corrected chi connectivity index (χ2v) is 6.86. The molecule has 0 radical (unpaired) electrons. The van der Waals surface area contributed by atoms with Crippen molar-refractivity contribution in [1.29, 1.82) is 0 Å². The molecule has 114 valence electrons. The molecule has 3 fully saturated rings. The van der Waals surface area contributed by atoms with E-state index >= 15 is 0 Å². The maximum atomic E-state index is 6.12. The van der Waals surface area contributed by atoms with Crippen LogP contribution in [0.15, 0.2) is 30.3 Å². The number of rotatable bonds is 4. The third-order valence-corrected chi connectivity index (χ3v) is 5.43. The van der Waals surface area contributed by atoms with Crippen molar-refractivity contribution in [3.63, 3.8) is 0 Å². The number of benzene rings is 1. The first-order chi connectivity index (χ1) is 10.4. The van der Waals surface area contributed by atoms with Crippen molar-refractivity contribution in [2.24, 2.45) is 0 Å². The lowest BCUT2D eigenvalue weighted by Gasteiger charge is -2.39. The summed E-state index contributed by atoms with van der Waals surface area (Å²) in [7, 11) is 0. The average molecular weight is 308 g/mol. The first kappa shape index (κ1) is 14.0. The number of epoxide rings is 1.